The summed E-state index contributed by atoms with van der Waals surface area (Å²) in [5, 5.41) is 3.65. The SMILES string of the molecule is CC(C)(CN)Nc1ccc(C(N)=O)cc1Cl. The molecule has 1 rings (SSSR count). The second kappa shape index (κ2) is 4.72. The molecule has 1 amide bonds. The summed E-state index contributed by atoms with van der Waals surface area (Å²) in [6, 6.07) is 4.89. The van der Waals surface area contributed by atoms with Gasteiger partial charge in [0, 0.05) is 17.6 Å². The van der Waals surface area contributed by atoms with Crippen LogP contribution in [0.5, 0.6) is 0 Å². The van der Waals surface area contributed by atoms with Crippen molar-refractivity contribution in [3.8, 4) is 0 Å². The maximum absolute atomic E-state index is 10.9. The van der Waals surface area contributed by atoms with Gasteiger partial charge >= 0.3 is 0 Å². The molecule has 0 bridgehead atoms. The number of anilines is 1. The van der Waals surface area contributed by atoms with Crippen LogP contribution in [0.25, 0.3) is 0 Å². The summed E-state index contributed by atoms with van der Waals surface area (Å²) >= 11 is 6.03. The zero-order chi connectivity index (χ0) is 12.3. The van der Waals surface area contributed by atoms with Crippen LogP contribution in [-0.4, -0.2) is 18.0 Å². The quantitative estimate of drug-likeness (QED) is 0.749. The number of primary amides is 1. The first kappa shape index (κ1) is 12.8. The molecule has 5 N–H and O–H groups in total. The molecule has 0 saturated carbocycles. The molecule has 88 valence electrons. The predicted octanol–water partition coefficient (Wildman–Crippen LogP) is 1.59. The molecule has 0 saturated heterocycles. The highest BCUT2D eigenvalue weighted by molar-refractivity contribution is 6.33. The molecule has 0 aliphatic carbocycles. The van der Waals surface area contributed by atoms with Gasteiger partial charge in [0.2, 0.25) is 5.91 Å². The average Bonchev–Trinajstić information content (AvgIpc) is 2.20. The Bertz CT molecular complexity index is 404. The van der Waals surface area contributed by atoms with Crippen LogP contribution in [0.4, 0.5) is 5.69 Å². The van der Waals surface area contributed by atoms with Gasteiger partial charge in [-0.25, -0.2) is 0 Å². The largest absolute Gasteiger partial charge is 0.378 e. The fraction of sp³-hybridized carbons (Fsp3) is 0.364. The molecule has 0 fully saturated rings. The number of rotatable bonds is 4. The minimum Gasteiger partial charge on any atom is -0.378 e. The molecule has 4 nitrogen and oxygen atoms in total. The summed E-state index contributed by atoms with van der Waals surface area (Å²) < 4.78 is 0. The van der Waals surface area contributed by atoms with Gasteiger partial charge in [0.15, 0.2) is 0 Å². The smallest absolute Gasteiger partial charge is 0.248 e. The number of hydrogen-bond donors (Lipinski definition) is 3. The van der Waals surface area contributed by atoms with E-state index in [1.165, 1.54) is 0 Å². The second-order valence-electron chi connectivity index (χ2n) is 4.27. The molecule has 0 unspecified atom stereocenters. The Morgan fingerprint density at radius 3 is 2.56 bits per heavy atom. The van der Waals surface area contributed by atoms with E-state index in [9.17, 15) is 4.79 Å². The molecule has 0 spiro atoms. The highest BCUT2D eigenvalue weighted by Crippen LogP contribution is 2.25. The summed E-state index contributed by atoms with van der Waals surface area (Å²) in [5.41, 5.74) is 11.6. The minimum atomic E-state index is -0.494. The molecule has 0 heterocycles. The standard InChI is InChI=1S/C11H16ClN3O/c1-11(2,6-13)15-9-4-3-7(10(14)16)5-8(9)12/h3-5,15H,6,13H2,1-2H3,(H2,14,16). The minimum absolute atomic E-state index is 0.252. The molecule has 0 aliphatic heterocycles. The van der Waals surface area contributed by atoms with Crippen molar-refractivity contribution in [1.82, 2.24) is 0 Å². The summed E-state index contributed by atoms with van der Waals surface area (Å²) in [7, 11) is 0. The van der Waals surface area contributed by atoms with Gasteiger partial charge in [0.05, 0.1) is 10.7 Å². The number of benzene rings is 1. The summed E-state index contributed by atoms with van der Waals surface area (Å²) in [6.07, 6.45) is 0. The zero-order valence-corrected chi connectivity index (χ0v) is 10.1. The number of nitrogens with one attached hydrogen (secondary N) is 1. The molecule has 16 heavy (non-hydrogen) atoms. The lowest BCUT2D eigenvalue weighted by atomic mass is 10.1. The molecule has 0 aliphatic rings. The van der Waals surface area contributed by atoms with Crippen molar-refractivity contribution in [1.29, 1.82) is 0 Å². The van der Waals surface area contributed by atoms with Crippen LogP contribution in [0.1, 0.15) is 24.2 Å². The van der Waals surface area contributed by atoms with E-state index >= 15 is 0 Å². The highest BCUT2D eigenvalue weighted by Gasteiger charge is 2.16. The van der Waals surface area contributed by atoms with E-state index in [1.54, 1.807) is 18.2 Å². The average molecular weight is 242 g/mol. The summed E-state index contributed by atoms with van der Waals surface area (Å²) in [4.78, 5) is 10.9. The Balaban J connectivity index is 2.96. The van der Waals surface area contributed by atoms with E-state index < -0.39 is 5.91 Å². The number of hydrogen-bond acceptors (Lipinski definition) is 3. The van der Waals surface area contributed by atoms with Crippen molar-refractivity contribution in [2.45, 2.75) is 19.4 Å². The molecule has 5 heteroatoms. The van der Waals surface area contributed by atoms with E-state index in [0.717, 1.165) is 5.69 Å². The van der Waals surface area contributed by atoms with E-state index in [2.05, 4.69) is 5.32 Å². The third kappa shape index (κ3) is 3.12. The van der Waals surface area contributed by atoms with Gasteiger partial charge in [-0.1, -0.05) is 11.6 Å². The number of amides is 1. The van der Waals surface area contributed by atoms with Gasteiger partial charge in [0.1, 0.15) is 0 Å². The van der Waals surface area contributed by atoms with Gasteiger partial charge in [0.25, 0.3) is 0 Å². The first-order valence-corrected chi connectivity index (χ1v) is 5.31. The molecular weight excluding hydrogens is 226 g/mol. The normalized spacial score (nSPS) is 11.2. The van der Waals surface area contributed by atoms with Crippen LogP contribution >= 0.6 is 11.6 Å². The zero-order valence-electron chi connectivity index (χ0n) is 9.38. The van der Waals surface area contributed by atoms with E-state index in [4.69, 9.17) is 23.1 Å². The highest BCUT2D eigenvalue weighted by atomic mass is 35.5. The molecule has 1 aromatic carbocycles. The third-order valence-electron chi connectivity index (χ3n) is 2.24. The summed E-state index contributed by atoms with van der Waals surface area (Å²) in [6.45, 7) is 4.40. The maximum atomic E-state index is 10.9. The lowest BCUT2D eigenvalue weighted by Crippen LogP contribution is -2.39. The second-order valence-corrected chi connectivity index (χ2v) is 4.68. The van der Waals surface area contributed by atoms with E-state index in [-0.39, 0.29) is 5.54 Å². The Labute approximate surface area is 100.0 Å². The fourth-order valence-electron chi connectivity index (χ4n) is 1.19. The third-order valence-corrected chi connectivity index (χ3v) is 2.55. The Hall–Kier alpha value is -1.26. The molecule has 0 radical (unpaired) electrons. The molecule has 1 aromatic rings. The van der Waals surface area contributed by atoms with Crippen molar-refractivity contribution in [3.63, 3.8) is 0 Å². The van der Waals surface area contributed by atoms with Crippen LogP contribution in [-0.2, 0) is 0 Å². The van der Waals surface area contributed by atoms with Gasteiger partial charge in [-0.3, -0.25) is 4.79 Å². The van der Waals surface area contributed by atoms with Crippen molar-refractivity contribution in [2.24, 2.45) is 11.5 Å². The van der Waals surface area contributed by atoms with Crippen LogP contribution < -0.4 is 16.8 Å². The first-order chi connectivity index (χ1) is 7.35. The number of carbonyl (C=O) groups is 1. The van der Waals surface area contributed by atoms with Gasteiger partial charge in [-0.05, 0) is 32.0 Å². The first-order valence-electron chi connectivity index (χ1n) is 4.93. The topological polar surface area (TPSA) is 81.1 Å². The van der Waals surface area contributed by atoms with Gasteiger partial charge in [-0.2, -0.15) is 0 Å². The van der Waals surface area contributed by atoms with Crippen molar-refractivity contribution in [2.75, 3.05) is 11.9 Å². The number of halogens is 1. The maximum Gasteiger partial charge on any atom is 0.248 e. The molecule has 0 aromatic heterocycles. The fourth-order valence-corrected chi connectivity index (χ4v) is 1.41. The monoisotopic (exact) mass is 241 g/mol. The van der Waals surface area contributed by atoms with Gasteiger partial charge in [-0.15, -0.1) is 0 Å². The lowest BCUT2D eigenvalue weighted by Gasteiger charge is -2.26. The van der Waals surface area contributed by atoms with Crippen LogP contribution in [0, 0.1) is 0 Å². The van der Waals surface area contributed by atoms with Crippen molar-refractivity contribution >= 4 is 23.2 Å². The lowest BCUT2D eigenvalue weighted by molar-refractivity contribution is 0.100. The van der Waals surface area contributed by atoms with E-state index in [1.807, 2.05) is 13.8 Å². The molecular formula is C11H16ClN3O. The van der Waals surface area contributed by atoms with Crippen molar-refractivity contribution < 1.29 is 4.79 Å². The Morgan fingerprint density at radius 2 is 2.12 bits per heavy atom. The number of carbonyl (C=O) groups excluding carboxylic acids is 1. The Kier molecular flexibility index (Phi) is 3.78. The van der Waals surface area contributed by atoms with Crippen LogP contribution in [0.2, 0.25) is 5.02 Å². The van der Waals surface area contributed by atoms with Crippen molar-refractivity contribution in [3.05, 3.63) is 28.8 Å². The van der Waals surface area contributed by atoms with Gasteiger partial charge < -0.3 is 16.8 Å². The molecule has 0 atom stereocenters. The van der Waals surface area contributed by atoms with Crippen LogP contribution in [0.15, 0.2) is 18.2 Å². The predicted molar refractivity (Wildman–Crippen MR) is 66.7 cm³/mol. The summed E-state index contributed by atoms with van der Waals surface area (Å²) in [5.74, 6) is -0.494. The van der Waals surface area contributed by atoms with E-state index in [0.29, 0.717) is 17.1 Å². The van der Waals surface area contributed by atoms with Crippen LogP contribution in [0.3, 0.4) is 0 Å². The number of nitrogens with two attached hydrogens (primary N) is 2. The Morgan fingerprint density at radius 1 is 1.50 bits per heavy atom.